The fourth-order valence-electron chi connectivity index (χ4n) is 3.82. The summed E-state index contributed by atoms with van der Waals surface area (Å²) in [5.41, 5.74) is 5.94. The summed E-state index contributed by atoms with van der Waals surface area (Å²) in [4.78, 5) is 7.14. The van der Waals surface area contributed by atoms with Crippen molar-refractivity contribution < 1.29 is 5.11 Å². The largest absolute Gasteiger partial charge is 0.395 e. The van der Waals surface area contributed by atoms with Gasteiger partial charge in [0.1, 0.15) is 4.99 Å². The van der Waals surface area contributed by atoms with Crippen LogP contribution >= 0.6 is 35.8 Å². The highest BCUT2D eigenvalue weighted by Gasteiger charge is 2.37. The number of rotatable bonds is 4. The van der Waals surface area contributed by atoms with Gasteiger partial charge in [0.25, 0.3) is 0 Å². The monoisotopic (exact) mass is 429 g/mol. The number of fused-ring (bicyclic) bond motifs is 3. The van der Waals surface area contributed by atoms with Gasteiger partial charge in [-0.15, -0.1) is 11.3 Å². The van der Waals surface area contributed by atoms with Crippen molar-refractivity contribution >= 4 is 57.6 Å². The van der Waals surface area contributed by atoms with Crippen molar-refractivity contribution in [3.05, 3.63) is 46.0 Å². The van der Waals surface area contributed by atoms with Crippen molar-refractivity contribution in [3.8, 4) is 10.4 Å². The summed E-state index contributed by atoms with van der Waals surface area (Å²) in [5, 5.41) is 13.1. The van der Waals surface area contributed by atoms with Gasteiger partial charge in [0.05, 0.1) is 12.3 Å². The molecule has 0 saturated carbocycles. The molecule has 0 spiro atoms. The number of benzene rings is 1. The second-order valence-electron chi connectivity index (χ2n) is 7.74. The van der Waals surface area contributed by atoms with Gasteiger partial charge in [-0.05, 0) is 53.2 Å². The Labute approximate surface area is 180 Å². The van der Waals surface area contributed by atoms with Crippen LogP contribution in [0, 0.1) is 0 Å². The summed E-state index contributed by atoms with van der Waals surface area (Å²) in [6, 6.07) is 8.88. The van der Waals surface area contributed by atoms with Crippen molar-refractivity contribution in [1.29, 1.82) is 0 Å². The van der Waals surface area contributed by atoms with Gasteiger partial charge >= 0.3 is 0 Å². The lowest BCUT2D eigenvalue weighted by Crippen LogP contribution is -2.24. The predicted molar refractivity (Wildman–Crippen MR) is 126 cm³/mol. The number of aliphatic hydroxyl groups excluding tert-OH is 1. The fraction of sp³-hybridized carbons (Fsp3) is 0.333. The number of likely N-dealkylation sites (N-methyl/N-ethyl adjacent to an activating group) is 2. The van der Waals surface area contributed by atoms with E-state index < -0.39 is 0 Å². The quantitative estimate of drug-likeness (QED) is 0.566. The van der Waals surface area contributed by atoms with E-state index in [1.807, 2.05) is 19.0 Å². The zero-order valence-electron chi connectivity index (χ0n) is 16.4. The topological polar surface area (TPSA) is 38.7 Å². The molecule has 1 aromatic heterocycles. The Morgan fingerprint density at radius 1 is 1.25 bits per heavy atom. The van der Waals surface area contributed by atoms with Crippen molar-refractivity contribution in [2.75, 3.05) is 32.1 Å². The van der Waals surface area contributed by atoms with Crippen LogP contribution in [0.25, 0.3) is 16.5 Å². The van der Waals surface area contributed by atoms with Crippen LogP contribution in [0.2, 0.25) is 0 Å². The smallest absolute Gasteiger partial charge is 0.178 e. The minimum atomic E-state index is -0.0658. The molecule has 146 valence electrons. The molecule has 7 heteroatoms. The maximum absolute atomic E-state index is 9.23. The summed E-state index contributed by atoms with van der Waals surface area (Å²) < 4.78 is 0. The van der Waals surface area contributed by atoms with E-state index in [1.54, 1.807) is 11.3 Å². The molecule has 0 atom stereocenters. The molecule has 2 N–H and O–H groups in total. The molecule has 2 heterocycles. The zero-order valence-corrected chi connectivity index (χ0v) is 18.8. The molecule has 28 heavy (non-hydrogen) atoms. The first-order chi connectivity index (χ1) is 13.2. The second-order valence-corrected chi connectivity index (χ2v) is 9.60. The lowest BCUT2D eigenvalue weighted by atomic mass is 9.82. The van der Waals surface area contributed by atoms with Gasteiger partial charge in [-0.2, -0.15) is 0 Å². The normalized spacial score (nSPS) is 18.5. The van der Waals surface area contributed by atoms with Gasteiger partial charge < -0.3 is 20.2 Å². The molecule has 1 saturated heterocycles. The van der Waals surface area contributed by atoms with Crippen LogP contribution in [0.4, 0.5) is 5.69 Å². The van der Waals surface area contributed by atoms with E-state index in [9.17, 15) is 5.11 Å². The van der Waals surface area contributed by atoms with Gasteiger partial charge in [-0.1, -0.05) is 32.1 Å². The molecule has 1 fully saturated rings. The highest BCUT2D eigenvalue weighted by molar-refractivity contribution is 7.82. The number of hydrogen-bond acceptors (Lipinski definition) is 5. The first kappa shape index (κ1) is 19.5. The molecule has 0 amide bonds. The summed E-state index contributed by atoms with van der Waals surface area (Å²) in [6.07, 6.45) is 2.10. The lowest BCUT2D eigenvalue weighted by Gasteiger charge is -2.24. The molecule has 1 aromatic carbocycles. The van der Waals surface area contributed by atoms with Crippen molar-refractivity contribution in [2.45, 2.75) is 19.3 Å². The number of thiophene rings is 1. The molecular weight excluding hydrogens is 406 g/mol. The van der Waals surface area contributed by atoms with Crippen LogP contribution in [0.5, 0.6) is 0 Å². The SMILES string of the molecule is CN1C(=S)N/C(=C\c2cc3c(s2)-c2ccc(N(C)CCO)cc2C3(C)C)C1=S. The Balaban J connectivity index is 1.73. The maximum Gasteiger partial charge on any atom is 0.178 e. The van der Waals surface area contributed by atoms with E-state index in [0.29, 0.717) is 11.7 Å². The molecular formula is C21H23N3OS3. The molecule has 0 radical (unpaired) electrons. The lowest BCUT2D eigenvalue weighted by molar-refractivity contribution is 0.304. The third kappa shape index (κ3) is 2.97. The number of aliphatic hydroxyl groups is 1. The maximum atomic E-state index is 9.23. The summed E-state index contributed by atoms with van der Waals surface area (Å²) >= 11 is 12.6. The summed E-state index contributed by atoms with van der Waals surface area (Å²) in [5.74, 6) is 0. The van der Waals surface area contributed by atoms with Crippen LogP contribution in [-0.2, 0) is 5.41 Å². The highest BCUT2D eigenvalue weighted by atomic mass is 32.1. The molecule has 4 nitrogen and oxygen atoms in total. The van der Waals surface area contributed by atoms with Crippen molar-refractivity contribution in [2.24, 2.45) is 0 Å². The first-order valence-electron chi connectivity index (χ1n) is 9.16. The standard InChI is InChI=1S/C21H23N3OS3/c1-21(2)15-9-12(23(3)7-8-25)5-6-14(15)18-16(21)10-13(28-18)11-17-19(26)24(4)20(27)22-17/h5-6,9-11,25H,7-8H2,1-4H3,(H,22,27)/b17-11-. The van der Waals surface area contributed by atoms with Gasteiger partial charge in [-0.25, -0.2) is 0 Å². The Hall–Kier alpha value is -1.80. The van der Waals surface area contributed by atoms with Crippen LogP contribution in [0.3, 0.4) is 0 Å². The van der Waals surface area contributed by atoms with Crippen LogP contribution < -0.4 is 10.2 Å². The van der Waals surface area contributed by atoms with Crippen molar-refractivity contribution in [1.82, 2.24) is 10.2 Å². The summed E-state index contributed by atoms with van der Waals surface area (Å²) in [6.45, 7) is 5.33. The Morgan fingerprint density at radius 3 is 2.64 bits per heavy atom. The molecule has 4 rings (SSSR count). The van der Waals surface area contributed by atoms with Gasteiger partial charge in [-0.3, -0.25) is 0 Å². The Bertz CT molecular complexity index is 1020. The van der Waals surface area contributed by atoms with E-state index in [2.05, 4.69) is 54.4 Å². The molecule has 2 aliphatic rings. The minimum Gasteiger partial charge on any atom is -0.395 e. The Morgan fingerprint density at radius 2 is 2.00 bits per heavy atom. The van der Waals surface area contributed by atoms with Crippen LogP contribution in [0.15, 0.2) is 30.0 Å². The van der Waals surface area contributed by atoms with E-state index >= 15 is 0 Å². The van der Waals surface area contributed by atoms with Gasteiger partial charge in [0.2, 0.25) is 0 Å². The number of nitrogens with one attached hydrogen (secondary N) is 1. The van der Waals surface area contributed by atoms with E-state index in [0.717, 1.165) is 16.4 Å². The van der Waals surface area contributed by atoms with E-state index in [1.165, 1.54) is 26.4 Å². The molecule has 0 bridgehead atoms. The third-order valence-corrected chi connectivity index (χ3v) is 7.57. The van der Waals surface area contributed by atoms with E-state index in [4.69, 9.17) is 24.4 Å². The number of hydrogen-bond donors (Lipinski definition) is 2. The highest BCUT2D eigenvalue weighted by Crippen LogP contribution is 2.53. The number of thiocarbonyl (C=S) groups is 2. The Kier molecular flexibility index (Phi) is 4.82. The summed E-state index contributed by atoms with van der Waals surface area (Å²) in [7, 11) is 3.90. The zero-order chi connectivity index (χ0) is 20.2. The average molecular weight is 430 g/mol. The number of anilines is 1. The molecule has 0 unspecified atom stereocenters. The van der Waals surface area contributed by atoms with Crippen LogP contribution in [0.1, 0.15) is 29.9 Å². The van der Waals surface area contributed by atoms with E-state index in [-0.39, 0.29) is 12.0 Å². The minimum absolute atomic E-state index is 0.0658. The van der Waals surface area contributed by atoms with Crippen molar-refractivity contribution in [3.63, 3.8) is 0 Å². The first-order valence-corrected chi connectivity index (χ1v) is 10.8. The fourth-order valence-corrected chi connectivity index (χ4v) is 5.58. The average Bonchev–Trinajstić information content (AvgIpc) is 3.25. The second kappa shape index (κ2) is 6.91. The predicted octanol–water partition coefficient (Wildman–Crippen LogP) is 3.97. The molecule has 1 aliphatic carbocycles. The third-order valence-electron chi connectivity index (χ3n) is 5.59. The number of nitrogens with zero attached hydrogens (tertiary/aromatic N) is 2. The van der Waals surface area contributed by atoms with Gasteiger partial charge in [0.15, 0.2) is 5.11 Å². The molecule has 1 aliphatic heterocycles. The van der Waals surface area contributed by atoms with Crippen LogP contribution in [-0.4, -0.2) is 47.4 Å². The van der Waals surface area contributed by atoms with Gasteiger partial charge in [0, 0.05) is 41.5 Å². The molecule has 2 aromatic rings.